The van der Waals surface area contributed by atoms with Crippen LogP contribution in [0.3, 0.4) is 0 Å². The molecule has 0 fully saturated rings. The van der Waals surface area contributed by atoms with Gasteiger partial charge in [-0.1, -0.05) is 30.3 Å². The van der Waals surface area contributed by atoms with E-state index in [1.54, 1.807) is 20.4 Å². The Morgan fingerprint density at radius 2 is 1.93 bits per heavy atom. The average Bonchev–Trinajstić information content (AvgIpc) is 3.21. The number of hydrogen-bond donors (Lipinski definition) is 1. The number of hydrogen-bond acceptors (Lipinski definition) is 5. The number of amides is 1. The molecular weight excluding hydrogens is 356 g/mol. The van der Waals surface area contributed by atoms with Crippen LogP contribution in [0.5, 0.6) is 11.5 Å². The Hall–Kier alpha value is -3.28. The number of carbonyl (C=O) groups is 1. The first-order valence-corrected chi connectivity index (χ1v) is 9.12. The van der Waals surface area contributed by atoms with Gasteiger partial charge in [-0.2, -0.15) is 0 Å². The van der Waals surface area contributed by atoms with Crippen molar-refractivity contribution in [1.82, 2.24) is 10.3 Å². The fraction of sp³-hybridized carbons (Fsp3) is 0.273. The van der Waals surface area contributed by atoms with E-state index in [1.807, 2.05) is 55.5 Å². The number of ether oxygens (including phenoxy) is 2. The number of rotatable bonds is 8. The van der Waals surface area contributed by atoms with Gasteiger partial charge < -0.3 is 19.2 Å². The Kier molecular flexibility index (Phi) is 6.32. The van der Waals surface area contributed by atoms with Gasteiger partial charge in [-0.3, -0.25) is 4.79 Å². The number of oxazole rings is 1. The zero-order valence-corrected chi connectivity index (χ0v) is 16.3. The van der Waals surface area contributed by atoms with Gasteiger partial charge in [-0.25, -0.2) is 4.98 Å². The minimum Gasteiger partial charge on any atom is -0.497 e. The number of carbonyl (C=O) groups excluding carboxylic acids is 1. The van der Waals surface area contributed by atoms with Crippen LogP contribution in [0.2, 0.25) is 0 Å². The number of aromatic nitrogens is 1. The first kappa shape index (κ1) is 19.5. The highest BCUT2D eigenvalue weighted by Crippen LogP contribution is 2.29. The normalized spacial score (nSPS) is 11.7. The number of benzene rings is 2. The van der Waals surface area contributed by atoms with Crippen LogP contribution < -0.4 is 14.8 Å². The van der Waals surface area contributed by atoms with E-state index in [0.29, 0.717) is 29.6 Å². The van der Waals surface area contributed by atoms with E-state index in [0.717, 1.165) is 11.1 Å². The van der Waals surface area contributed by atoms with Crippen molar-refractivity contribution in [3.8, 4) is 22.8 Å². The lowest BCUT2D eigenvalue weighted by molar-refractivity contribution is -0.121. The summed E-state index contributed by atoms with van der Waals surface area (Å²) in [6.07, 6.45) is 2.40. The van der Waals surface area contributed by atoms with Crippen molar-refractivity contribution in [3.05, 3.63) is 66.2 Å². The van der Waals surface area contributed by atoms with Gasteiger partial charge in [0.25, 0.3) is 0 Å². The van der Waals surface area contributed by atoms with Crippen LogP contribution >= 0.6 is 0 Å². The molecule has 0 radical (unpaired) electrons. The van der Waals surface area contributed by atoms with Crippen molar-refractivity contribution in [2.24, 2.45) is 0 Å². The molecule has 0 aliphatic heterocycles. The van der Waals surface area contributed by atoms with E-state index in [1.165, 1.54) is 0 Å². The lowest BCUT2D eigenvalue weighted by Crippen LogP contribution is -2.27. The molecule has 1 amide bonds. The summed E-state index contributed by atoms with van der Waals surface area (Å²) in [4.78, 5) is 16.6. The molecule has 0 aliphatic rings. The van der Waals surface area contributed by atoms with Crippen LogP contribution in [0.15, 0.2) is 59.1 Å². The van der Waals surface area contributed by atoms with E-state index in [-0.39, 0.29) is 18.4 Å². The molecule has 3 aromatic rings. The Morgan fingerprint density at radius 1 is 1.14 bits per heavy atom. The molecule has 146 valence electrons. The molecule has 1 atom stereocenters. The lowest BCUT2D eigenvalue weighted by Gasteiger charge is -2.18. The van der Waals surface area contributed by atoms with Crippen LogP contribution in [0.1, 0.15) is 30.8 Å². The highest BCUT2D eigenvalue weighted by Gasteiger charge is 2.16. The Morgan fingerprint density at radius 3 is 2.64 bits per heavy atom. The maximum atomic E-state index is 12.4. The van der Waals surface area contributed by atoms with Gasteiger partial charge in [0, 0.05) is 24.0 Å². The molecular formula is C22H24N2O4. The third-order valence-electron chi connectivity index (χ3n) is 4.46. The predicted octanol–water partition coefficient (Wildman–Crippen LogP) is 4.17. The second-order valence-corrected chi connectivity index (χ2v) is 6.38. The Bertz CT molecular complexity index is 921. The summed E-state index contributed by atoms with van der Waals surface area (Å²) < 4.78 is 16.4. The van der Waals surface area contributed by atoms with Crippen molar-refractivity contribution < 1.29 is 18.7 Å². The smallest absolute Gasteiger partial charge is 0.220 e. The Balaban J connectivity index is 1.58. The fourth-order valence-corrected chi connectivity index (χ4v) is 2.95. The molecule has 0 saturated heterocycles. The summed E-state index contributed by atoms with van der Waals surface area (Å²) >= 11 is 0. The summed E-state index contributed by atoms with van der Waals surface area (Å²) in [5.41, 5.74) is 1.82. The second-order valence-electron chi connectivity index (χ2n) is 6.38. The van der Waals surface area contributed by atoms with E-state index >= 15 is 0 Å². The highest BCUT2D eigenvalue weighted by molar-refractivity contribution is 5.76. The standard InChI is InChI=1S/C22H24N2O4/c1-15(18-13-17(26-2)9-10-19(18)27-3)24-21(25)11-12-22-23-14-20(28-22)16-7-5-4-6-8-16/h4-10,13-15H,11-12H2,1-3H3,(H,24,25). The fourth-order valence-electron chi connectivity index (χ4n) is 2.95. The molecule has 1 heterocycles. The first-order chi connectivity index (χ1) is 13.6. The van der Waals surface area contributed by atoms with Crippen molar-refractivity contribution in [3.63, 3.8) is 0 Å². The summed E-state index contributed by atoms with van der Waals surface area (Å²) in [7, 11) is 3.21. The largest absolute Gasteiger partial charge is 0.497 e. The minimum atomic E-state index is -0.220. The Labute approximate surface area is 164 Å². The van der Waals surface area contributed by atoms with Crippen LogP contribution in [0.25, 0.3) is 11.3 Å². The maximum absolute atomic E-state index is 12.4. The third kappa shape index (κ3) is 4.71. The van der Waals surface area contributed by atoms with Crippen LogP contribution in [-0.4, -0.2) is 25.1 Å². The van der Waals surface area contributed by atoms with Crippen LogP contribution in [0.4, 0.5) is 0 Å². The van der Waals surface area contributed by atoms with Gasteiger partial charge in [0.15, 0.2) is 11.7 Å². The molecule has 6 heteroatoms. The molecule has 28 heavy (non-hydrogen) atoms. The molecule has 1 unspecified atom stereocenters. The first-order valence-electron chi connectivity index (χ1n) is 9.12. The third-order valence-corrected chi connectivity index (χ3v) is 4.46. The molecule has 0 spiro atoms. The quantitative estimate of drug-likeness (QED) is 0.635. The van der Waals surface area contributed by atoms with Gasteiger partial charge in [0.05, 0.1) is 26.5 Å². The summed E-state index contributed by atoms with van der Waals surface area (Å²) in [5.74, 6) is 2.57. The predicted molar refractivity (Wildman–Crippen MR) is 106 cm³/mol. The van der Waals surface area contributed by atoms with Crippen LogP contribution in [-0.2, 0) is 11.2 Å². The van der Waals surface area contributed by atoms with E-state index in [4.69, 9.17) is 13.9 Å². The van der Waals surface area contributed by atoms with Crippen molar-refractivity contribution >= 4 is 5.91 Å². The van der Waals surface area contributed by atoms with Gasteiger partial charge >= 0.3 is 0 Å². The van der Waals surface area contributed by atoms with Gasteiger partial charge in [0.2, 0.25) is 5.91 Å². The average molecular weight is 380 g/mol. The maximum Gasteiger partial charge on any atom is 0.220 e. The van der Waals surface area contributed by atoms with Gasteiger partial charge in [-0.05, 0) is 25.1 Å². The minimum absolute atomic E-state index is 0.0863. The topological polar surface area (TPSA) is 73.6 Å². The van der Waals surface area contributed by atoms with Crippen molar-refractivity contribution in [2.75, 3.05) is 14.2 Å². The van der Waals surface area contributed by atoms with Crippen molar-refractivity contribution in [2.45, 2.75) is 25.8 Å². The summed E-state index contributed by atoms with van der Waals surface area (Å²) in [5, 5.41) is 2.99. The molecule has 6 nitrogen and oxygen atoms in total. The second kappa shape index (κ2) is 9.08. The molecule has 1 N–H and O–H groups in total. The van der Waals surface area contributed by atoms with Crippen LogP contribution in [0, 0.1) is 0 Å². The molecule has 0 saturated carbocycles. The van der Waals surface area contributed by atoms with Gasteiger partial charge in [-0.15, -0.1) is 0 Å². The molecule has 2 aromatic carbocycles. The molecule has 0 aliphatic carbocycles. The van der Waals surface area contributed by atoms with E-state index in [9.17, 15) is 4.79 Å². The number of nitrogens with zero attached hydrogens (tertiary/aromatic N) is 1. The van der Waals surface area contributed by atoms with E-state index in [2.05, 4.69) is 10.3 Å². The monoisotopic (exact) mass is 380 g/mol. The zero-order chi connectivity index (χ0) is 19.9. The highest BCUT2D eigenvalue weighted by atomic mass is 16.5. The number of nitrogens with one attached hydrogen (secondary N) is 1. The zero-order valence-electron chi connectivity index (χ0n) is 16.3. The lowest BCUT2D eigenvalue weighted by atomic mass is 10.1. The van der Waals surface area contributed by atoms with E-state index < -0.39 is 0 Å². The summed E-state index contributed by atoms with van der Waals surface area (Å²) in [6, 6.07) is 15.0. The number of aryl methyl sites for hydroxylation is 1. The van der Waals surface area contributed by atoms with Gasteiger partial charge in [0.1, 0.15) is 11.5 Å². The van der Waals surface area contributed by atoms with Crippen molar-refractivity contribution in [1.29, 1.82) is 0 Å². The number of methoxy groups -OCH3 is 2. The SMILES string of the molecule is COc1ccc(OC)c(C(C)NC(=O)CCc2ncc(-c3ccccc3)o2)c1. The molecule has 0 bridgehead atoms. The molecule has 3 rings (SSSR count). The molecule has 1 aromatic heterocycles. The summed E-state index contributed by atoms with van der Waals surface area (Å²) in [6.45, 7) is 1.91.